The first-order chi connectivity index (χ1) is 15.0. The standard InChI is InChI=1S/C18H18Cl3N3O7S/c1-7(25)28-6-13-16(29-8(2)26)15(23-24-22)17(30-9(3)27)18(31-13)32-10-4-11(19)14(21)12(20)5-10/h4-5,13,15-18H,6H2,1-3H3/t13-,15+,16+,17-,18-/m1/s1. The summed E-state index contributed by atoms with van der Waals surface area (Å²) in [5.41, 5.74) is 8.12. The summed E-state index contributed by atoms with van der Waals surface area (Å²) in [5.74, 6) is -1.99. The Kier molecular flexibility index (Phi) is 9.75. The van der Waals surface area contributed by atoms with Gasteiger partial charge in [-0.05, 0) is 17.7 Å². The summed E-state index contributed by atoms with van der Waals surface area (Å²) in [5, 5.41) is 4.22. The average Bonchev–Trinajstić information content (AvgIpc) is 2.68. The zero-order chi connectivity index (χ0) is 24.0. The van der Waals surface area contributed by atoms with Crippen LogP contribution in [0, 0.1) is 0 Å². The molecule has 0 spiro atoms. The van der Waals surface area contributed by atoms with Crippen LogP contribution in [-0.4, -0.2) is 54.3 Å². The molecule has 1 heterocycles. The molecule has 1 aliphatic rings. The lowest BCUT2D eigenvalue weighted by atomic mass is 9.97. The smallest absolute Gasteiger partial charge is 0.303 e. The van der Waals surface area contributed by atoms with Gasteiger partial charge in [0.25, 0.3) is 0 Å². The van der Waals surface area contributed by atoms with Crippen molar-refractivity contribution in [2.75, 3.05) is 6.61 Å². The number of thioether (sulfide) groups is 1. The van der Waals surface area contributed by atoms with E-state index >= 15 is 0 Å². The molecule has 0 radical (unpaired) electrons. The molecule has 0 unspecified atom stereocenters. The Morgan fingerprint density at radius 3 is 2.12 bits per heavy atom. The summed E-state index contributed by atoms with van der Waals surface area (Å²) in [6.07, 6.45) is -3.39. The highest BCUT2D eigenvalue weighted by Gasteiger charge is 2.50. The zero-order valence-electron chi connectivity index (χ0n) is 17.0. The molecule has 174 valence electrons. The Morgan fingerprint density at radius 1 is 1.06 bits per heavy atom. The molecule has 1 aromatic carbocycles. The van der Waals surface area contributed by atoms with Gasteiger partial charge in [-0.15, -0.1) is 0 Å². The molecule has 2 rings (SSSR count). The van der Waals surface area contributed by atoms with Gasteiger partial charge in [0.1, 0.15) is 36.4 Å². The Morgan fingerprint density at radius 2 is 1.62 bits per heavy atom. The van der Waals surface area contributed by atoms with Crippen LogP contribution in [-0.2, 0) is 33.3 Å². The number of hydrogen-bond donors (Lipinski definition) is 0. The van der Waals surface area contributed by atoms with Gasteiger partial charge in [0.15, 0.2) is 0 Å². The highest BCUT2D eigenvalue weighted by atomic mass is 35.5. The summed E-state index contributed by atoms with van der Waals surface area (Å²) in [4.78, 5) is 38.1. The first-order valence-electron chi connectivity index (χ1n) is 9.02. The number of esters is 3. The zero-order valence-corrected chi connectivity index (χ0v) is 20.1. The first kappa shape index (κ1) is 26.4. The maximum atomic E-state index is 11.8. The Bertz CT molecular complexity index is 921. The number of hydrogen-bond acceptors (Lipinski definition) is 9. The van der Waals surface area contributed by atoms with E-state index in [2.05, 4.69) is 10.0 Å². The number of azide groups is 1. The van der Waals surface area contributed by atoms with E-state index in [9.17, 15) is 14.4 Å². The van der Waals surface area contributed by atoms with Crippen LogP contribution in [0.15, 0.2) is 22.1 Å². The molecule has 0 amide bonds. The van der Waals surface area contributed by atoms with Gasteiger partial charge in [-0.1, -0.05) is 51.7 Å². The largest absolute Gasteiger partial charge is 0.463 e. The SMILES string of the molecule is CC(=O)OC[C@H]1O[C@H](Sc2cc(Cl)c(Cl)c(Cl)c2)[C@H](OC(C)=O)[C@@H](N=[N+]=[N-])[C@H]1OC(C)=O. The van der Waals surface area contributed by atoms with E-state index in [0.29, 0.717) is 4.90 Å². The van der Waals surface area contributed by atoms with Gasteiger partial charge in [0.05, 0.1) is 15.1 Å². The predicted molar refractivity (Wildman–Crippen MR) is 117 cm³/mol. The maximum absolute atomic E-state index is 11.8. The van der Waals surface area contributed by atoms with Gasteiger partial charge in [-0.2, -0.15) is 0 Å². The topological polar surface area (TPSA) is 137 Å². The summed E-state index contributed by atoms with van der Waals surface area (Å²) < 4.78 is 21.7. The van der Waals surface area contributed by atoms with Gasteiger partial charge in [-0.25, -0.2) is 0 Å². The van der Waals surface area contributed by atoms with E-state index in [4.69, 9.17) is 59.3 Å². The number of carbonyl (C=O) groups is 3. The van der Waals surface area contributed by atoms with Crippen LogP contribution in [0.5, 0.6) is 0 Å². The number of ether oxygens (including phenoxy) is 4. The van der Waals surface area contributed by atoms with Crippen molar-refractivity contribution in [1.82, 2.24) is 0 Å². The second-order valence-corrected chi connectivity index (χ2v) is 8.87. The van der Waals surface area contributed by atoms with Gasteiger partial charge < -0.3 is 18.9 Å². The quantitative estimate of drug-likeness (QED) is 0.126. The van der Waals surface area contributed by atoms with Crippen LogP contribution < -0.4 is 0 Å². The third kappa shape index (κ3) is 7.06. The number of rotatable bonds is 7. The number of benzene rings is 1. The minimum absolute atomic E-state index is 0.161. The van der Waals surface area contributed by atoms with E-state index in [1.807, 2.05) is 0 Å². The van der Waals surface area contributed by atoms with E-state index in [-0.39, 0.29) is 21.7 Å². The summed E-state index contributed by atoms with van der Waals surface area (Å²) in [6, 6.07) is 1.87. The fourth-order valence-electron chi connectivity index (χ4n) is 2.90. The van der Waals surface area contributed by atoms with Crippen LogP contribution >= 0.6 is 46.6 Å². The lowest BCUT2D eigenvalue weighted by Crippen LogP contribution is -2.59. The molecule has 14 heteroatoms. The van der Waals surface area contributed by atoms with Gasteiger partial charge in [-0.3, -0.25) is 14.4 Å². The van der Waals surface area contributed by atoms with Crippen LogP contribution in [0.4, 0.5) is 0 Å². The fourth-order valence-corrected chi connectivity index (χ4v) is 4.82. The Labute approximate surface area is 202 Å². The number of nitrogens with zero attached hydrogens (tertiary/aromatic N) is 3. The molecular formula is C18H18Cl3N3O7S. The third-order valence-electron chi connectivity index (χ3n) is 4.07. The summed E-state index contributed by atoms with van der Waals surface area (Å²) in [7, 11) is 0. The summed E-state index contributed by atoms with van der Waals surface area (Å²) in [6.45, 7) is 3.20. The van der Waals surface area contributed by atoms with Crippen molar-refractivity contribution in [3.05, 3.63) is 37.6 Å². The fraction of sp³-hybridized carbons (Fsp3) is 0.500. The van der Waals surface area contributed by atoms with Crippen LogP contribution in [0.1, 0.15) is 20.8 Å². The lowest BCUT2D eigenvalue weighted by Gasteiger charge is -2.43. The average molecular weight is 527 g/mol. The van der Waals surface area contributed by atoms with E-state index in [1.165, 1.54) is 19.1 Å². The lowest BCUT2D eigenvalue weighted by molar-refractivity contribution is -0.201. The van der Waals surface area contributed by atoms with Gasteiger partial charge in [0, 0.05) is 30.6 Å². The molecule has 0 aromatic heterocycles. The molecule has 1 fully saturated rings. The summed E-state index contributed by atoms with van der Waals surface area (Å²) >= 11 is 19.2. The molecule has 1 saturated heterocycles. The molecule has 0 N–H and O–H groups in total. The van der Waals surface area contributed by atoms with Gasteiger partial charge >= 0.3 is 17.9 Å². The molecule has 1 aromatic rings. The van der Waals surface area contributed by atoms with E-state index in [0.717, 1.165) is 25.6 Å². The molecular weight excluding hydrogens is 509 g/mol. The molecule has 0 bridgehead atoms. The van der Waals surface area contributed by atoms with Gasteiger partial charge in [0.2, 0.25) is 0 Å². The van der Waals surface area contributed by atoms with Crippen molar-refractivity contribution in [3.8, 4) is 0 Å². The van der Waals surface area contributed by atoms with Crippen LogP contribution in [0.3, 0.4) is 0 Å². The van der Waals surface area contributed by atoms with Crippen molar-refractivity contribution in [3.63, 3.8) is 0 Å². The van der Waals surface area contributed by atoms with Crippen molar-refractivity contribution in [2.45, 2.75) is 55.5 Å². The molecule has 10 nitrogen and oxygen atoms in total. The minimum Gasteiger partial charge on any atom is -0.463 e. The monoisotopic (exact) mass is 525 g/mol. The Balaban J connectivity index is 2.48. The van der Waals surface area contributed by atoms with E-state index in [1.54, 1.807) is 0 Å². The second-order valence-electron chi connectivity index (χ2n) is 6.51. The van der Waals surface area contributed by atoms with Crippen molar-refractivity contribution in [1.29, 1.82) is 0 Å². The van der Waals surface area contributed by atoms with Crippen molar-refractivity contribution >= 4 is 64.5 Å². The Hall–Kier alpha value is -1.88. The maximum Gasteiger partial charge on any atom is 0.303 e. The normalized spacial score (nSPS) is 24.8. The number of carbonyl (C=O) groups excluding carboxylic acids is 3. The molecule has 32 heavy (non-hydrogen) atoms. The third-order valence-corrected chi connectivity index (χ3v) is 6.38. The number of halogens is 3. The molecule has 0 saturated carbocycles. The molecule has 1 aliphatic heterocycles. The van der Waals surface area contributed by atoms with E-state index < -0.39 is 47.7 Å². The van der Waals surface area contributed by atoms with Crippen molar-refractivity contribution in [2.24, 2.45) is 5.11 Å². The minimum atomic E-state index is -1.19. The highest BCUT2D eigenvalue weighted by molar-refractivity contribution is 7.99. The predicted octanol–water partition coefficient (Wildman–Crippen LogP) is 4.57. The van der Waals surface area contributed by atoms with Crippen LogP contribution in [0.2, 0.25) is 15.1 Å². The molecule has 5 atom stereocenters. The second kappa shape index (κ2) is 11.8. The van der Waals surface area contributed by atoms with Crippen LogP contribution in [0.25, 0.3) is 10.4 Å². The van der Waals surface area contributed by atoms with Crippen molar-refractivity contribution < 1.29 is 33.3 Å². The first-order valence-corrected chi connectivity index (χ1v) is 11.0. The highest BCUT2D eigenvalue weighted by Crippen LogP contribution is 2.41. The molecule has 0 aliphatic carbocycles.